The van der Waals surface area contributed by atoms with Crippen molar-refractivity contribution in [2.75, 3.05) is 18.5 Å². The van der Waals surface area contributed by atoms with Crippen LogP contribution in [0, 0.1) is 0 Å². The lowest BCUT2D eigenvalue weighted by Gasteiger charge is -2.08. The minimum absolute atomic E-state index is 0.0630. The van der Waals surface area contributed by atoms with E-state index in [-0.39, 0.29) is 5.91 Å². The Morgan fingerprint density at radius 3 is 2.89 bits per heavy atom. The highest BCUT2D eigenvalue weighted by Crippen LogP contribution is 2.33. The quantitative estimate of drug-likeness (QED) is 0.889. The Kier molecular flexibility index (Phi) is 4.71. The molecule has 0 bridgehead atoms. The summed E-state index contributed by atoms with van der Waals surface area (Å²) in [4.78, 5) is 12.7. The van der Waals surface area contributed by atoms with Crippen molar-refractivity contribution in [3.63, 3.8) is 0 Å². The summed E-state index contributed by atoms with van der Waals surface area (Å²) in [6, 6.07) is 7.84. The van der Waals surface area contributed by atoms with Gasteiger partial charge in [0, 0.05) is 21.9 Å². The molecule has 1 unspecified atom stereocenters. The summed E-state index contributed by atoms with van der Waals surface area (Å²) < 4.78 is 1.06. The topological polar surface area (TPSA) is 55.1 Å². The third-order valence-electron chi connectivity index (χ3n) is 3.08. The third kappa shape index (κ3) is 3.22. The van der Waals surface area contributed by atoms with Crippen molar-refractivity contribution in [1.82, 2.24) is 5.32 Å². The SMILES string of the molecule is CSC(C)CCNC(=O)c1sc2ccccc2c1N. The second-order valence-corrected chi connectivity index (χ2v) is 6.76. The number of thiophene rings is 1. The van der Waals surface area contributed by atoms with E-state index in [0.717, 1.165) is 16.5 Å². The number of rotatable bonds is 5. The van der Waals surface area contributed by atoms with Gasteiger partial charge in [0.15, 0.2) is 0 Å². The van der Waals surface area contributed by atoms with Crippen molar-refractivity contribution in [2.45, 2.75) is 18.6 Å². The van der Waals surface area contributed by atoms with Gasteiger partial charge in [-0.15, -0.1) is 11.3 Å². The molecule has 3 N–H and O–H groups in total. The van der Waals surface area contributed by atoms with Gasteiger partial charge in [-0.3, -0.25) is 4.79 Å². The summed E-state index contributed by atoms with van der Waals surface area (Å²) in [7, 11) is 0. The summed E-state index contributed by atoms with van der Waals surface area (Å²) >= 11 is 3.26. The number of nitrogen functional groups attached to an aromatic ring is 1. The van der Waals surface area contributed by atoms with E-state index in [1.165, 1.54) is 11.3 Å². The zero-order valence-electron chi connectivity index (χ0n) is 11.1. The molecular formula is C14H18N2OS2. The largest absolute Gasteiger partial charge is 0.397 e. The van der Waals surface area contributed by atoms with Crippen LogP contribution in [0.5, 0.6) is 0 Å². The Morgan fingerprint density at radius 1 is 1.47 bits per heavy atom. The maximum atomic E-state index is 12.1. The van der Waals surface area contributed by atoms with Gasteiger partial charge in [0.1, 0.15) is 4.88 Å². The van der Waals surface area contributed by atoms with Crippen LogP contribution in [0.15, 0.2) is 24.3 Å². The fourth-order valence-corrected chi connectivity index (χ4v) is 3.21. The van der Waals surface area contributed by atoms with Gasteiger partial charge in [-0.05, 0) is 18.7 Å². The molecule has 0 aliphatic rings. The average Bonchev–Trinajstić information content (AvgIpc) is 2.76. The van der Waals surface area contributed by atoms with Gasteiger partial charge in [-0.2, -0.15) is 11.8 Å². The standard InChI is InChI=1S/C14H18N2OS2/c1-9(18-2)7-8-16-14(17)13-12(15)10-5-3-4-6-11(10)19-13/h3-6,9H,7-8,15H2,1-2H3,(H,16,17). The predicted molar refractivity (Wildman–Crippen MR) is 86.2 cm³/mol. The van der Waals surface area contributed by atoms with Crippen LogP contribution in [0.3, 0.4) is 0 Å². The van der Waals surface area contributed by atoms with Gasteiger partial charge in [0.2, 0.25) is 0 Å². The molecule has 1 heterocycles. The molecule has 5 heteroatoms. The van der Waals surface area contributed by atoms with Crippen LogP contribution >= 0.6 is 23.1 Å². The zero-order valence-corrected chi connectivity index (χ0v) is 12.7. The van der Waals surface area contributed by atoms with Crippen molar-refractivity contribution in [3.05, 3.63) is 29.1 Å². The number of carbonyl (C=O) groups excluding carboxylic acids is 1. The van der Waals surface area contributed by atoms with Crippen LogP contribution in [0.1, 0.15) is 23.0 Å². The molecule has 19 heavy (non-hydrogen) atoms. The van der Waals surface area contributed by atoms with Gasteiger partial charge >= 0.3 is 0 Å². The lowest BCUT2D eigenvalue weighted by Crippen LogP contribution is -2.25. The van der Waals surface area contributed by atoms with Crippen LogP contribution in [-0.4, -0.2) is 24.0 Å². The van der Waals surface area contributed by atoms with Gasteiger partial charge in [-0.25, -0.2) is 0 Å². The molecule has 1 aromatic carbocycles. The molecule has 102 valence electrons. The number of hydrogen-bond donors (Lipinski definition) is 2. The minimum atomic E-state index is -0.0630. The number of benzene rings is 1. The molecule has 0 saturated carbocycles. The first-order valence-electron chi connectivity index (χ1n) is 6.21. The first kappa shape index (κ1) is 14.2. The number of thioether (sulfide) groups is 1. The highest BCUT2D eigenvalue weighted by molar-refractivity contribution is 7.99. The number of anilines is 1. The molecule has 1 amide bonds. The van der Waals surface area contributed by atoms with E-state index >= 15 is 0 Å². The molecule has 1 aromatic heterocycles. The van der Waals surface area contributed by atoms with Gasteiger partial charge < -0.3 is 11.1 Å². The smallest absolute Gasteiger partial charge is 0.263 e. The van der Waals surface area contributed by atoms with E-state index in [4.69, 9.17) is 5.73 Å². The lowest BCUT2D eigenvalue weighted by atomic mass is 10.2. The fourth-order valence-electron chi connectivity index (χ4n) is 1.82. The number of amides is 1. The second-order valence-electron chi connectivity index (χ2n) is 4.43. The van der Waals surface area contributed by atoms with E-state index in [1.807, 2.05) is 24.3 Å². The van der Waals surface area contributed by atoms with Gasteiger partial charge in [-0.1, -0.05) is 25.1 Å². The van der Waals surface area contributed by atoms with Crippen molar-refractivity contribution in [3.8, 4) is 0 Å². The predicted octanol–water partition coefficient (Wildman–Crippen LogP) is 3.35. The van der Waals surface area contributed by atoms with Crippen molar-refractivity contribution >= 4 is 44.8 Å². The van der Waals surface area contributed by atoms with Crippen LogP contribution in [0.4, 0.5) is 5.69 Å². The number of nitrogens with two attached hydrogens (primary N) is 1. The van der Waals surface area contributed by atoms with E-state index in [9.17, 15) is 4.79 Å². The molecular weight excluding hydrogens is 276 g/mol. The Balaban J connectivity index is 2.07. The van der Waals surface area contributed by atoms with E-state index in [2.05, 4.69) is 18.5 Å². The molecule has 3 nitrogen and oxygen atoms in total. The molecule has 0 fully saturated rings. The molecule has 0 spiro atoms. The minimum Gasteiger partial charge on any atom is -0.397 e. The van der Waals surface area contributed by atoms with Crippen LogP contribution in [0.2, 0.25) is 0 Å². The Morgan fingerprint density at radius 2 is 2.21 bits per heavy atom. The maximum Gasteiger partial charge on any atom is 0.263 e. The monoisotopic (exact) mass is 294 g/mol. The molecule has 1 atom stereocenters. The van der Waals surface area contributed by atoms with E-state index < -0.39 is 0 Å². The van der Waals surface area contributed by atoms with Crippen LogP contribution in [-0.2, 0) is 0 Å². The maximum absolute atomic E-state index is 12.1. The summed E-state index contributed by atoms with van der Waals surface area (Å²) in [6.07, 6.45) is 3.05. The normalized spacial score (nSPS) is 12.5. The highest BCUT2D eigenvalue weighted by atomic mass is 32.2. The first-order chi connectivity index (χ1) is 9.13. The number of nitrogens with one attached hydrogen (secondary N) is 1. The zero-order chi connectivity index (χ0) is 13.8. The van der Waals surface area contributed by atoms with Crippen molar-refractivity contribution in [1.29, 1.82) is 0 Å². The van der Waals surface area contributed by atoms with Gasteiger partial charge in [0.05, 0.1) is 5.69 Å². The molecule has 0 saturated heterocycles. The van der Waals surface area contributed by atoms with Crippen molar-refractivity contribution in [2.24, 2.45) is 0 Å². The molecule has 0 aliphatic carbocycles. The second kappa shape index (κ2) is 6.30. The summed E-state index contributed by atoms with van der Waals surface area (Å²) in [5, 5.41) is 4.47. The number of fused-ring (bicyclic) bond motifs is 1. The Hall–Kier alpha value is -1.20. The molecule has 2 rings (SSSR count). The van der Waals surface area contributed by atoms with Crippen LogP contribution in [0.25, 0.3) is 10.1 Å². The average molecular weight is 294 g/mol. The van der Waals surface area contributed by atoms with E-state index in [0.29, 0.717) is 22.4 Å². The van der Waals surface area contributed by atoms with E-state index in [1.54, 1.807) is 11.8 Å². The van der Waals surface area contributed by atoms with Crippen molar-refractivity contribution < 1.29 is 4.79 Å². The lowest BCUT2D eigenvalue weighted by molar-refractivity contribution is 0.0958. The Bertz CT molecular complexity index is 580. The fraction of sp³-hybridized carbons (Fsp3) is 0.357. The third-order valence-corrected chi connectivity index (χ3v) is 5.30. The highest BCUT2D eigenvalue weighted by Gasteiger charge is 2.15. The number of carbonyl (C=O) groups is 1. The molecule has 2 aromatic rings. The summed E-state index contributed by atoms with van der Waals surface area (Å²) in [6.45, 7) is 2.85. The summed E-state index contributed by atoms with van der Waals surface area (Å²) in [5.74, 6) is -0.0630. The van der Waals surface area contributed by atoms with Crippen LogP contribution < -0.4 is 11.1 Å². The molecule has 0 radical (unpaired) electrons. The first-order valence-corrected chi connectivity index (χ1v) is 8.32. The molecule has 0 aliphatic heterocycles. The number of hydrogen-bond acceptors (Lipinski definition) is 4. The van der Waals surface area contributed by atoms with Gasteiger partial charge in [0.25, 0.3) is 5.91 Å². The summed E-state index contributed by atoms with van der Waals surface area (Å²) in [5.41, 5.74) is 6.64. The Labute approximate surface area is 121 Å².